The van der Waals surface area contributed by atoms with Crippen LogP contribution >= 0.6 is 0 Å². The highest BCUT2D eigenvalue weighted by atomic mass is 16.5. The Morgan fingerprint density at radius 1 is 1.04 bits per heavy atom. The second-order valence-electron chi connectivity index (χ2n) is 6.16. The molecule has 0 aliphatic rings. The number of ketones is 1. The SMILES string of the molecule is CCOC(=O)CCC(=O)c1nc2c(-c3ccccc3OC)cccc2cc1O. The van der Waals surface area contributed by atoms with Crippen LogP contribution in [0.15, 0.2) is 48.5 Å². The first kappa shape index (κ1) is 19.4. The predicted molar refractivity (Wildman–Crippen MR) is 106 cm³/mol. The Labute approximate surface area is 162 Å². The van der Waals surface area contributed by atoms with Gasteiger partial charge < -0.3 is 14.6 Å². The van der Waals surface area contributed by atoms with Crippen LogP contribution in [0.4, 0.5) is 0 Å². The third kappa shape index (κ3) is 3.96. The molecule has 28 heavy (non-hydrogen) atoms. The Hall–Kier alpha value is -3.41. The normalized spacial score (nSPS) is 10.6. The molecule has 144 valence electrons. The molecule has 6 heteroatoms. The number of Topliss-reactive ketones (excluding diaryl/α,β-unsaturated/α-hetero) is 1. The summed E-state index contributed by atoms with van der Waals surface area (Å²) in [6.45, 7) is 1.96. The van der Waals surface area contributed by atoms with Gasteiger partial charge in [0.1, 0.15) is 17.2 Å². The summed E-state index contributed by atoms with van der Waals surface area (Å²) in [5.74, 6) is -0.397. The minimum atomic E-state index is -0.453. The summed E-state index contributed by atoms with van der Waals surface area (Å²) in [4.78, 5) is 28.5. The standard InChI is InChI=1S/C22H21NO5/c1-3-28-20(26)12-11-17(24)22-18(25)13-14-7-6-9-16(21(14)23-22)15-8-4-5-10-19(15)27-2/h4-10,13,25H,3,11-12H2,1-2H3. The highest BCUT2D eigenvalue weighted by molar-refractivity contribution is 6.03. The fourth-order valence-corrected chi connectivity index (χ4v) is 3.04. The number of fused-ring (bicyclic) bond motifs is 1. The van der Waals surface area contributed by atoms with Gasteiger partial charge >= 0.3 is 5.97 Å². The molecule has 6 nitrogen and oxygen atoms in total. The average molecular weight is 379 g/mol. The van der Waals surface area contributed by atoms with Crippen LogP contribution in [-0.4, -0.2) is 35.6 Å². The summed E-state index contributed by atoms with van der Waals surface area (Å²) in [6.07, 6.45) is -0.137. The molecule has 1 N–H and O–H groups in total. The highest BCUT2D eigenvalue weighted by Crippen LogP contribution is 2.35. The molecule has 0 spiro atoms. The van der Waals surface area contributed by atoms with Crippen molar-refractivity contribution in [1.29, 1.82) is 0 Å². The van der Waals surface area contributed by atoms with Crippen molar-refractivity contribution in [2.45, 2.75) is 19.8 Å². The van der Waals surface area contributed by atoms with Gasteiger partial charge in [0.15, 0.2) is 5.78 Å². The van der Waals surface area contributed by atoms with Crippen LogP contribution in [0.1, 0.15) is 30.3 Å². The Morgan fingerprint density at radius 3 is 2.54 bits per heavy atom. The molecule has 1 aromatic heterocycles. The molecule has 0 atom stereocenters. The van der Waals surface area contributed by atoms with E-state index in [4.69, 9.17) is 9.47 Å². The Morgan fingerprint density at radius 2 is 1.79 bits per heavy atom. The third-order valence-electron chi connectivity index (χ3n) is 4.35. The van der Waals surface area contributed by atoms with Gasteiger partial charge in [-0.1, -0.05) is 36.4 Å². The molecule has 2 aromatic carbocycles. The summed E-state index contributed by atoms with van der Waals surface area (Å²) in [5, 5.41) is 11.0. The van der Waals surface area contributed by atoms with Crippen LogP contribution in [-0.2, 0) is 9.53 Å². The van der Waals surface area contributed by atoms with E-state index in [1.165, 1.54) is 6.07 Å². The zero-order chi connectivity index (χ0) is 20.1. The number of pyridine rings is 1. The number of methoxy groups -OCH3 is 1. The number of carbonyl (C=O) groups is 2. The maximum Gasteiger partial charge on any atom is 0.306 e. The lowest BCUT2D eigenvalue weighted by molar-refractivity contribution is -0.143. The number of aromatic nitrogens is 1. The van der Waals surface area contributed by atoms with Crippen LogP contribution < -0.4 is 4.74 Å². The molecule has 0 bridgehead atoms. The number of esters is 1. The number of carbonyl (C=O) groups excluding carboxylic acids is 2. The van der Waals surface area contributed by atoms with Crippen molar-refractivity contribution in [3.05, 3.63) is 54.2 Å². The van der Waals surface area contributed by atoms with Crippen molar-refractivity contribution in [2.24, 2.45) is 0 Å². The van der Waals surface area contributed by atoms with Crippen molar-refractivity contribution in [3.63, 3.8) is 0 Å². The lowest BCUT2D eigenvalue weighted by atomic mass is 10.00. The van der Waals surface area contributed by atoms with E-state index in [1.807, 2.05) is 42.5 Å². The first-order valence-electron chi connectivity index (χ1n) is 9.00. The summed E-state index contributed by atoms with van der Waals surface area (Å²) < 4.78 is 10.3. The van der Waals surface area contributed by atoms with Gasteiger partial charge in [-0.15, -0.1) is 0 Å². The van der Waals surface area contributed by atoms with Crippen LogP contribution in [0.3, 0.4) is 0 Å². The maximum atomic E-state index is 12.5. The van der Waals surface area contributed by atoms with Gasteiger partial charge in [-0.25, -0.2) is 4.98 Å². The first-order valence-corrected chi connectivity index (χ1v) is 9.00. The third-order valence-corrected chi connectivity index (χ3v) is 4.35. The highest BCUT2D eigenvalue weighted by Gasteiger charge is 2.18. The number of hydrogen-bond donors (Lipinski definition) is 1. The van der Waals surface area contributed by atoms with Gasteiger partial charge in [0.05, 0.1) is 25.7 Å². The molecular weight excluding hydrogens is 358 g/mol. The zero-order valence-electron chi connectivity index (χ0n) is 15.8. The van der Waals surface area contributed by atoms with E-state index in [-0.39, 0.29) is 30.9 Å². The molecule has 3 aromatic rings. The van der Waals surface area contributed by atoms with Gasteiger partial charge in [0.2, 0.25) is 0 Å². The second-order valence-corrected chi connectivity index (χ2v) is 6.16. The number of para-hydroxylation sites is 2. The zero-order valence-corrected chi connectivity index (χ0v) is 15.8. The van der Waals surface area contributed by atoms with Gasteiger partial charge in [0.25, 0.3) is 0 Å². The van der Waals surface area contributed by atoms with Crippen LogP contribution in [0.2, 0.25) is 0 Å². The van der Waals surface area contributed by atoms with E-state index in [0.29, 0.717) is 16.7 Å². The lowest BCUT2D eigenvalue weighted by Gasteiger charge is -2.12. The van der Waals surface area contributed by atoms with E-state index < -0.39 is 11.8 Å². The molecular formula is C22H21NO5. The predicted octanol–water partition coefficient (Wildman–Crippen LogP) is 4.14. The summed E-state index contributed by atoms with van der Waals surface area (Å²) in [6, 6.07) is 14.6. The fraction of sp³-hybridized carbons (Fsp3) is 0.227. The minimum absolute atomic E-state index is 0.0556. The van der Waals surface area contributed by atoms with E-state index in [2.05, 4.69) is 4.98 Å². The van der Waals surface area contributed by atoms with Crippen molar-refractivity contribution >= 4 is 22.7 Å². The Balaban J connectivity index is 2.03. The van der Waals surface area contributed by atoms with Crippen molar-refractivity contribution < 1.29 is 24.2 Å². The number of hydrogen-bond acceptors (Lipinski definition) is 6. The Kier molecular flexibility index (Phi) is 5.89. The number of benzene rings is 2. The van der Waals surface area contributed by atoms with E-state index in [0.717, 1.165) is 11.1 Å². The van der Waals surface area contributed by atoms with E-state index >= 15 is 0 Å². The molecule has 0 unspecified atom stereocenters. The van der Waals surface area contributed by atoms with Crippen molar-refractivity contribution in [3.8, 4) is 22.6 Å². The van der Waals surface area contributed by atoms with Gasteiger partial charge in [0, 0.05) is 22.9 Å². The number of aromatic hydroxyl groups is 1. The molecule has 0 radical (unpaired) electrons. The molecule has 0 fully saturated rings. The summed E-state index contributed by atoms with van der Waals surface area (Å²) >= 11 is 0. The smallest absolute Gasteiger partial charge is 0.306 e. The molecule has 0 saturated heterocycles. The number of ether oxygens (including phenoxy) is 2. The Bertz CT molecular complexity index is 1030. The quantitative estimate of drug-likeness (QED) is 0.490. The van der Waals surface area contributed by atoms with Gasteiger partial charge in [-0.2, -0.15) is 0 Å². The topological polar surface area (TPSA) is 85.7 Å². The van der Waals surface area contributed by atoms with Crippen molar-refractivity contribution in [1.82, 2.24) is 4.98 Å². The first-order chi connectivity index (χ1) is 13.5. The van der Waals surface area contributed by atoms with Crippen LogP contribution in [0, 0.1) is 0 Å². The number of rotatable bonds is 7. The minimum Gasteiger partial charge on any atom is -0.506 e. The fourth-order valence-electron chi connectivity index (χ4n) is 3.04. The number of nitrogens with zero attached hydrogens (tertiary/aromatic N) is 1. The maximum absolute atomic E-state index is 12.5. The lowest BCUT2D eigenvalue weighted by Crippen LogP contribution is -2.09. The molecule has 0 saturated carbocycles. The summed E-state index contributed by atoms with van der Waals surface area (Å²) in [5.41, 5.74) is 2.14. The summed E-state index contributed by atoms with van der Waals surface area (Å²) in [7, 11) is 1.59. The van der Waals surface area contributed by atoms with Crippen molar-refractivity contribution in [2.75, 3.05) is 13.7 Å². The van der Waals surface area contributed by atoms with Crippen LogP contribution in [0.25, 0.3) is 22.0 Å². The molecule has 0 amide bonds. The second kappa shape index (κ2) is 8.52. The van der Waals surface area contributed by atoms with E-state index in [1.54, 1.807) is 14.0 Å². The van der Waals surface area contributed by atoms with Gasteiger partial charge in [-0.3, -0.25) is 9.59 Å². The van der Waals surface area contributed by atoms with E-state index in [9.17, 15) is 14.7 Å². The van der Waals surface area contributed by atoms with Crippen LogP contribution in [0.5, 0.6) is 11.5 Å². The molecule has 1 heterocycles. The molecule has 0 aliphatic carbocycles. The van der Waals surface area contributed by atoms with Gasteiger partial charge in [-0.05, 0) is 19.1 Å². The average Bonchev–Trinajstić information content (AvgIpc) is 2.71. The monoisotopic (exact) mass is 379 g/mol. The largest absolute Gasteiger partial charge is 0.506 e. The molecule has 0 aliphatic heterocycles. The molecule has 3 rings (SSSR count).